The zero-order chi connectivity index (χ0) is 13.7. The van der Waals surface area contributed by atoms with Crippen LogP contribution in [0.25, 0.3) is 0 Å². The molecule has 0 aliphatic rings. The van der Waals surface area contributed by atoms with Gasteiger partial charge in [0.1, 0.15) is 11.8 Å². The normalized spacial score (nSPS) is 13.7. The Kier molecular flexibility index (Phi) is 4.67. The lowest BCUT2D eigenvalue weighted by Gasteiger charge is -2.16. The Morgan fingerprint density at radius 2 is 1.89 bits per heavy atom. The van der Waals surface area contributed by atoms with Gasteiger partial charge in [-0.25, -0.2) is 4.79 Å². The molecule has 0 bridgehead atoms. The van der Waals surface area contributed by atoms with Gasteiger partial charge in [0.05, 0.1) is 6.04 Å². The highest BCUT2D eigenvalue weighted by Gasteiger charge is 2.21. The predicted octanol–water partition coefficient (Wildman–Crippen LogP) is -0.149. The third-order valence-corrected chi connectivity index (χ3v) is 2.40. The van der Waals surface area contributed by atoms with E-state index in [-0.39, 0.29) is 12.2 Å². The van der Waals surface area contributed by atoms with E-state index >= 15 is 0 Å². The number of aliphatic carboxylic acids is 1. The highest BCUT2D eigenvalue weighted by Crippen LogP contribution is 2.11. The number of carbonyl (C=O) groups is 2. The maximum absolute atomic E-state index is 11.4. The fourth-order valence-electron chi connectivity index (χ4n) is 1.37. The van der Waals surface area contributed by atoms with E-state index in [4.69, 9.17) is 15.9 Å². The molecule has 0 saturated heterocycles. The monoisotopic (exact) mass is 252 g/mol. The van der Waals surface area contributed by atoms with Gasteiger partial charge in [0.2, 0.25) is 5.91 Å². The molecule has 6 heteroatoms. The Balaban J connectivity index is 2.72. The second kappa shape index (κ2) is 6.02. The summed E-state index contributed by atoms with van der Waals surface area (Å²) < 4.78 is 0. The van der Waals surface area contributed by atoms with Crippen molar-refractivity contribution in [1.82, 2.24) is 5.32 Å². The molecule has 0 aliphatic carbocycles. The van der Waals surface area contributed by atoms with Crippen LogP contribution in [0.4, 0.5) is 0 Å². The van der Waals surface area contributed by atoms with Gasteiger partial charge >= 0.3 is 5.97 Å². The summed E-state index contributed by atoms with van der Waals surface area (Å²) in [6.45, 7) is 1.48. The van der Waals surface area contributed by atoms with E-state index in [1.165, 1.54) is 19.1 Å². The molecule has 1 aromatic rings. The van der Waals surface area contributed by atoms with Crippen molar-refractivity contribution in [3.05, 3.63) is 29.8 Å². The molecule has 1 rings (SSSR count). The van der Waals surface area contributed by atoms with E-state index in [0.29, 0.717) is 5.56 Å². The second-order valence-corrected chi connectivity index (χ2v) is 4.06. The van der Waals surface area contributed by atoms with Crippen LogP contribution in [0.1, 0.15) is 12.5 Å². The first-order valence-corrected chi connectivity index (χ1v) is 5.47. The molecule has 18 heavy (non-hydrogen) atoms. The number of nitrogens with two attached hydrogens (primary N) is 1. The van der Waals surface area contributed by atoms with E-state index < -0.39 is 24.0 Å². The third kappa shape index (κ3) is 4.06. The summed E-state index contributed by atoms with van der Waals surface area (Å²) in [7, 11) is 0. The number of phenolic OH excluding ortho intramolecular Hbond substituents is 1. The largest absolute Gasteiger partial charge is 0.508 e. The lowest BCUT2D eigenvalue weighted by Crippen LogP contribution is -2.48. The van der Waals surface area contributed by atoms with Gasteiger partial charge in [0.15, 0.2) is 0 Å². The summed E-state index contributed by atoms with van der Waals surface area (Å²) in [5.41, 5.74) is 6.06. The van der Waals surface area contributed by atoms with Crippen molar-refractivity contribution in [3.63, 3.8) is 0 Å². The van der Waals surface area contributed by atoms with Crippen LogP contribution in [0.2, 0.25) is 0 Å². The molecule has 0 radical (unpaired) electrons. The number of carboxylic acid groups (broad SMARTS) is 1. The lowest BCUT2D eigenvalue weighted by molar-refractivity contribution is -0.141. The van der Waals surface area contributed by atoms with Gasteiger partial charge in [-0.1, -0.05) is 12.1 Å². The number of aromatic hydroxyl groups is 1. The van der Waals surface area contributed by atoms with Crippen molar-refractivity contribution < 1.29 is 19.8 Å². The molecule has 0 fully saturated rings. The minimum atomic E-state index is -1.13. The summed E-state index contributed by atoms with van der Waals surface area (Å²) in [4.78, 5) is 22.4. The van der Waals surface area contributed by atoms with Gasteiger partial charge in [-0.15, -0.1) is 0 Å². The third-order valence-electron chi connectivity index (χ3n) is 2.40. The van der Waals surface area contributed by atoms with Crippen molar-refractivity contribution in [2.75, 3.05) is 0 Å². The van der Waals surface area contributed by atoms with Crippen LogP contribution in [-0.2, 0) is 16.0 Å². The molecule has 0 aliphatic heterocycles. The minimum Gasteiger partial charge on any atom is -0.508 e. The van der Waals surface area contributed by atoms with E-state index in [1.54, 1.807) is 12.1 Å². The number of hydrogen-bond acceptors (Lipinski definition) is 4. The van der Waals surface area contributed by atoms with Gasteiger partial charge in [-0.05, 0) is 24.6 Å². The van der Waals surface area contributed by atoms with Crippen molar-refractivity contribution in [3.8, 4) is 5.75 Å². The number of carboxylic acids is 1. The topological polar surface area (TPSA) is 113 Å². The summed E-state index contributed by atoms with van der Waals surface area (Å²) in [6.07, 6.45) is 0.133. The fourth-order valence-corrected chi connectivity index (χ4v) is 1.37. The van der Waals surface area contributed by atoms with E-state index in [0.717, 1.165) is 0 Å². The van der Waals surface area contributed by atoms with Crippen LogP contribution in [-0.4, -0.2) is 34.2 Å². The zero-order valence-electron chi connectivity index (χ0n) is 9.96. The van der Waals surface area contributed by atoms with Gasteiger partial charge in [0.25, 0.3) is 0 Å². The van der Waals surface area contributed by atoms with E-state index in [9.17, 15) is 9.59 Å². The van der Waals surface area contributed by atoms with Crippen LogP contribution in [0.15, 0.2) is 24.3 Å². The number of benzene rings is 1. The standard InChI is InChI=1S/C12H16N2O4/c1-7(13)11(16)14-10(12(17)18)6-8-2-4-9(15)5-3-8/h2-5,7,10,15H,6,13H2,1H3,(H,14,16)(H,17,18)/t7-,10+/m1/s1. The van der Waals surface area contributed by atoms with E-state index in [1.807, 2.05) is 0 Å². The Bertz CT molecular complexity index is 428. The molecule has 5 N–H and O–H groups in total. The molecular formula is C12H16N2O4. The predicted molar refractivity (Wildman–Crippen MR) is 65.0 cm³/mol. The van der Waals surface area contributed by atoms with Crippen LogP contribution >= 0.6 is 0 Å². The smallest absolute Gasteiger partial charge is 0.326 e. The highest BCUT2D eigenvalue weighted by molar-refractivity contribution is 5.86. The molecule has 2 atom stereocenters. The van der Waals surface area contributed by atoms with Gasteiger partial charge in [-0.3, -0.25) is 4.79 Å². The Labute approximate surface area is 104 Å². The number of carbonyl (C=O) groups excluding carboxylic acids is 1. The molecular weight excluding hydrogens is 236 g/mol. The van der Waals surface area contributed by atoms with E-state index in [2.05, 4.69) is 5.32 Å². The SMILES string of the molecule is C[C@@H](N)C(=O)N[C@@H](Cc1ccc(O)cc1)C(=O)O. The molecule has 0 unspecified atom stereocenters. The number of amides is 1. The van der Waals surface area contributed by atoms with Crippen molar-refractivity contribution >= 4 is 11.9 Å². The first-order valence-electron chi connectivity index (χ1n) is 5.47. The fraction of sp³-hybridized carbons (Fsp3) is 0.333. The maximum atomic E-state index is 11.4. The Morgan fingerprint density at radius 1 is 1.33 bits per heavy atom. The molecule has 1 amide bonds. The van der Waals surface area contributed by atoms with Crippen LogP contribution in [0, 0.1) is 0 Å². The van der Waals surface area contributed by atoms with Gasteiger partial charge in [-0.2, -0.15) is 0 Å². The average Bonchev–Trinajstić information content (AvgIpc) is 2.30. The average molecular weight is 252 g/mol. The maximum Gasteiger partial charge on any atom is 0.326 e. The van der Waals surface area contributed by atoms with Crippen LogP contribution in [0.3, 0.4) is 0 Å². The number of phenols is 1. The zero-order valence-corrected chi connectivity index (χ0v) is 9.96. The molecule has 6 nitrogen and oxygen atoms in total. The minimum absolute atomic E-state index is 0.102. The number of nitrogens with one attached hydrogen (secondary N) is 1. The summed E-state index contributed by atoms with van der Waals surface area (Å²) >= 11 is 0. The van der Waals surface area contributed by atoms with Gasteiger partial charge < -0.3 is 21.3 Å². The lowest BCUT2D eigenvalue weighted by atomic mass is 10.1. The second-order valence-electron chi connectivity index (χ2n) is 4.06. The first kappa shape index (κ1) is 14.0. The van der Waals surface area contributed by atoms with Crippen molar-refractivity contribution in [2.24, 2.45) is 5.73 Å². The molecule has 0 spiro atoms. The molecule has 1 aromatic carbocycles. The molecule has 0 aromatic heterocycles. The summed E-state index contributed by atoms with van der Waals surface area (Å²) in [5, 5.41) is 20.5. The van der Waals surface area contributed by atoms with Crippen molar-refractivity contribution in [2.45, 2.75) is 25.4 Å². The molecule has 0 heterocycles. The Hall–Kier alpha value is -2.08. The molecule has 0 saturated carbocycles. The van der Waals surface area contributed by atoms with Crippen molar-refractivity contribution in [1.29, 1.82) is 0 Å². The van der Waals surface area contributed by atoms with Crippen LogP contribution < -0.4 is 11.1 Å². The quantitative estimate of drug-likeness (QED) is 0.582. The first-order chi connectivity index (χ1) is 8.40. The van der Waals surface area contributed by atoms with Crippen LogP contribution in [0.5, 0.6) is 5.75 Å². The number of rotatable bonds is 5. The summed E-state index contributed by atoms with van der Waals surface area (Å²) in [6, 6.07) is 4.33. The molecule has 98 valence electrons. The Morgan fingerprint density at radius 3 is 2.33 bits per heavy atom. The highest BCUT2D eigenvalue weighted by atomic mass is 16.4. The van der Waals surface area contributed by atoms with Gasteiger partial charge in [0, 0.05) is 6.42 Å². The summed E-state index contributed by atoms with van der Waals surface area (Å²) in [5.74, 6) is -1.54. The number of hydrogen-bond donors (Lipinski definition) is 4.